The summed E-state index contributed by atoms with van der Waals surface area (Å²) in [6, 6.07) is 5.49. The summed E-state index contributed by atoms with van der Waals surface area (Å²) in [5.74, 6) is -0.975. The minimum absolute atomic E-state index is 0.00935. The van der Waals surface area contributed by atoms with Crippen molar-refractivity contribution in [2.24, 2.45) is 0 Å². The Morgan fingerprint density at radius 2 is 2.04 bits per heavy atom. The quantitative estimate of drug-likeness (QED) is 0.830. The summed E-state index contributed by atoms with van der Waals surface area (Å²) in [6.07, 6.45) is -1.32. The fourth-order valence-electron chi connectivity index (χ4n) is 1.73. The van der Waals surface area contributed by atoms with Gasteiger partial charge in [-0.2, -0.15) is 13.2 Å². The van der Waals surface area contributed by atoms with E-state index in [-0.39, 0.29) is 5.75 Å². The van der Waals surface area contributed by atoms with Gasteiger partial charge in [0.25, 0.3) is 0 Å². The second-order valence-corrected chi connectivity index (χ2v) is 5.58. The largest absolute Gasteiger partial charge is 0.416 e. The van der Waals surface area contributed by atoms with E-state index in [0.717, 1.165) is 5.56 Å². The number of halogens is 4. The first kappa shape index (κ1) is 17.3. The molecule has 0 aliphatic heterocycles. The fourth-order valence-corrected chi connectivity index (χ4v) is 2.49. The van der Waals surface area contributed by atoms with E-state index >= 15 is 0 Å². The van der Waals surface area contributed by atoms with Gasteiger partial charge in [-0.05, 0) is 29.8 Å². The van der Waals surface area contributed by atoms with Crippen molar-refractivity contribution in [1.29, 1.82) is 0 Å². The van der Waals surface area contributed by atoms with Crippen LogP contribution in [0.15, 0.2) is 42.7 Å². The fraction of sp³-hybridized carbons (Fsp3) is 0.200. The van der Waals surface area contributed by atoms with Gasteiger partial charge < -0.3 is 5.32 Å². The maximum absolute atomic E-state index is 13.5. The molecule has 1 aromatic carbocycles. The van der Waals surface area contributed by atoms with Crippen molar-refractivity contribution < 1.29 is 22.4 Å². The molecule has 2 aromatic rings. The lowest BCUT2D eigenvalue weighted by molar-refractivity contribution is -0.137. The highest BCUT2D eigenvalue weighted by Crippen LogP contribution is 2.31. The number of hydrogen-bond acceptors (Lipinski definition) is 3. The summed E-state index contributed by atoms with van der Waals surface area (Å²) in [6.45, 7) is 0. The second-order valence-electron chi connectivity index (χ2n) is 4.59. The summed E-state index contributed by atoms with van der Waals surface area (Å²) in [5.41, 5.74) is -0.584. The lowest BCUT2D eigenvalue weighted by Gasteiger charge is -2.11. The minimum Gasteiger partial charge on any atom is -0.323 e. The Morgan fingerprint density at radius 1 is 1.26 bits per heavy atom. The predicted octanol–water partition coefficient (Wildman–Crippen LogP) is 4.11. The molecule has 0 spiro atoms. The molecule has 0 unspecified atom stereocenters. The van der Waals surface area contributed by atoms with E-state index in [0.29, 0.717) is 24.0 Å². The maximum Gasteiger partial charge on any atom is 0.416 e. The average Bonchev–Trinajstić information content (AvgIpc) is 2.49. The Hall–Kier alpha value is -2.09. The molecule has 0 saturated heterocycles. The summed E-state index contributed by atoms with van der Waals surface area (Å²) in [7, 11) is 0. The van der Waals surface area contributed by atoms with Crippen LogP contribution in [0.3, 0.4) is 0 Å². The van der Waals surface area contributed by atoms with Crippen LogP contribution in [-0.2, 0) is 16.7 Å². The number of benzene rings is 1. The van der Waals surface area contributed by atoms with Gasteiger partial charge in [0.05, 0.1) is 17.0 Å². The Bertz CT molecular complexity index is 677. The van der Waals surface area contributed by atoms with Crippen LogP contribution < -0.4 is 5.32 Å². The molecule has 23 heavy (non-hydrogen) atoms. The van der Waals surface area contributed by atoms with Gasteiger partial charge in [0, 0.05) is 18.1 Å². The second kappa shape index (κ2) is 7.45. The third-order valence-electron chi connectivity index (χ3n) is 2.79. The summed E-state index contributed by atoms with van der Waals surface area (Å²) < 4.78 is 51.3. The Labute approximate surface area is 134 Å². The number of anilines is 1. The van der Waals surface area contributed by atoms with E-state index in [1.165, 1.54) is 11.8 Å². The van der Waals surface area contributed by atoms with Gasteiger partial charge >= 0.3 is 6.18 Å². The lowest BCUT2D eigenvalue weighted by Crippen LogP contribution is -2.16. The molecule has 8 heteroatoms. The maximum atomic E-state index is 13.5. The molecule has 0 aliphatic rings. The van der Waals surface area contributed by atoms with Gasteiger partial charge in [-0.15, -0.1) is 11.8 Å². The number of pyridine rings is 1. The molecule has 0 aliphatic carbocycles. The molecule has 0 radical (unpaired) electrons. The molecule has 1 amide bonds. The zero-order chi connectivity index (χ0) is 16.9. The van der Waals surface area contributed by atoms with E-state index in [1.54, 1.807) is 18.5 Å². The van der Waals surface area contributed by atoms with Crippen LogP contribution in [-0.4, -0.2) is 16.6 Å². The van der Waals surface area contributed by atoms with Crippen molar-refractivity contribution in [3.8, 4) is 0 Å². The smallest absolute Gasteiger partial charge is 0.323 e. The van der Waals surface area contributed by atoms with Gasteiger partial charge in [-0.1, -0.05) is 6.07 Å². The van der Waals surface area contributed by atoms with Gasteiger partial charge in [-0.3, -0.25) is 9.78 Å². The Morgan fingerprint density at radius 3 is 2.70 bits per heavy atom. The lowest BCUT2D eigenvalue weighted by atomic mass is 10.2. The van der Waals surface area contributed by atoms with Crippen LogP contribution in [0.4, 0.5) is 23.2 Å². The van der Waals surface area contributed by atoms with Crippen molar-refractivity contribution in [2.75, 3.05) is 11.1 Å². The SMILES string of the molecule is O=C(CSCc1cccnc1)Nc1cc(C(F)(F)F)ccc1F. The third-order valence-corrected chi connectivity index (χ3v) is 3.80. The highest BCUT2D eigenvalue weighted by atomic mass is 32.2. The minimum atomic E-state index is -4.60. The number of nitrogens with zero attached hydrogens (tertiary/aromatic N) is 1. The Balaban J connectivity index is 1.92. The predicted molar refractivity (Wildman–Crippen MR) is 80.4 cm³/mol. The molecule has 0 bridgehead atoms. The molecule has 3 nitrogen and oxygen atoms in total. The van der Waals surface area contributed by atoms with Crippen LogP contribution >= 0.6 is 11.8 Å². The molecule has 1 aromatic heterocycles. The number of amides is 1. The molecule has 0 saturated carbocycles. The highest BCUT2D eigenvalue weighted by Gasteiger charge is 2.31. The number of thioether (sulfide) groups is 1. The van der Waals surface area contributed by atoms with Gasteiger partial charge in [-0.25, -0.2) is 4.39 Å². The summed E-state index contributed by atoms with van der Waals surface area (Å²) in [4.78, 5) is 15.6. The first-order valence-corrected chi connectivity index (χ1v) is 7.65. The number of carbonyl (C=O) groups excluding carboxylic acids is 1. The molecule has 0 atom stereocenters. The van der Waals surface area contributed by atoms with Crippen LogP contribution in [0.1, 0.15) is 11.1 Å². The molecular formula is C15H12F4N2OS. The van der Waals surface area contributed by atoms with Gasteiger partial charge in [0.15, 0.2) is 0 Å². The zero-order valence-corrected chi connectivity index (χ0v) is 12.5. The molecule has 1 heterocycles. The standard InChI is InChI=1S/C15H12F4N2OS/c16-12-4-3-11(15(17,18)19)6-13(12)21-14(22)9-23-8-10-2-1-5-20-7-10/h1-7H,8-9H2,(H,21,22). The van der Waals surface area contributed by atoms with Crippen molar-refractivity contribution in [3.63, 3.8) is 0 Å². The zero-order valence-electron chi connectivity index (χ0n) is 11.7. The number of alkyl halides is 3. The molecule has 0 fully saturated rings. The van der Waals surface area contributed by atoms with E-state index < -0.39 is 29.2 Å². The third kappa shape index (κ3) is 5.24. The van der Waals surface area contributed by atoms with Crippen LogP contribution in [0.2, 0.25) is 0 Å². The van der Waals surface area contributed by atoms with Crippen molar-refractivity contribution in [1.82, 2.24) is 4.98 Å². The monoisotopic (exact) mass is 344 g/mol. The summed E-state index contributed by atoms with van der Waals surface area (Å²) >= 11 is 1.25. The van der Waals surface area contributed by atoms with Crippen molar-refractivity contribution >= 4 is 23.4 Å². The van der Waals surface area contributed by atoms with Crippen LogP contribution in [0, 0.1) is 5.82 Å². The summed E-state index contributed by atoms with van der Waals surface area (Å²) in [5, 5.41) is 2.16. The number of hydrogen-bond donors (Lipinski definition) is 1. The molecule has 122 valence electrons. The van der Waals surface area contributed by atoms with E-state index in [9.17, 15) is 22.4 Å². The van der Waals surface area contributed by atoms with E-state index in [4.69, 9.17) is 0 Å². The first-order valence-electron chi connectivity index (χ1n) is 6.49. The topological polar surface area (TPSA) is 42.0 Å². The van der Waals surface area contributed by atoms with Gasteiger partial charge in [0.1, 0.15) is 5.82 Å². The highest BCUT2D eigenvalue weighted by molar-refractivity contribution is 7.99. The van der Waals surface area contributed by atoms with E-state index in [1.807, 2.05) is 6.07 Å². The first-order chi connectivity index (χ1) is 10.9. The molecular weight excluding hydrogens is 332 g/mol. The number of rotatable bonds is 5. The van der Waals surface area contributed by atoms with Crippen molar-refractivity contribution in [2.45, 2.75) is 11.9 Å². The average molecular weight is 344 g/mol. The molecule has 1 N–H and O–H groups in total. The van der Waals surface area contributed by atoms with Gasteiger partial charge in [0.2, 0.25) is 5.91 Å². The van der Waals surface area contributed by atoms with Crippen molar-refractivity contribution in [3.05, 3.63) is 59.7 Å². The van der Waals surface area contributed by atoms with E-state index in [2.05, 4.69) is 10.3 Å². The number of nitrogens with one attached hydrogen (secondary N) is 1. The van der Waals surface area contributed by atoms with Crippen LogP contribution in [0.25, 0.3) is 0 Å². The van der Waals surface area contributed by atoms with Crippen LogP contribution in [0.5, 0.6) is 0 Å². The number of carbonyl (C=O) groups is 1. The molecule has 2 rings (SSSR count). The normalized spacial score (nSPS) is 11.3. The number of aromatic nitrogens is 1. The Kier molecular flexibility index (Phi) is 5.59.